The molecule has 0 radical (unpaired) electrons. The Morgan fingerprint density at radius 1 is 0.688 bits per heavy atom. The van der Waals surface area contributed by atoms with Gasteiger partial charge in [0.15, 0.2) is 16.1 Å². The van der Waals surface area contributed by atoms with Gasteiger partial charge in [-0.3, -0.25) is 0 Å². The summed E-state index contributed by atoms with van der Waals surface area (Å²) in [5, 5.41) is 5.89. The number of methoxy groups -OCH3 is 1. The zero-order valence-corrected chi connectivity index (χ0v) is 43.3. The third kappa shape index (κ3) is 10.9. The smallest absolute Gasteiger partial charge is 0.247 e. The number of piperazine rings is 2. The number of rotatable bonds is 11. The van der Waals surface area contributed by atoms with Crippen LogP contribution in [0.15, 0.2) is 101 Å². The second-order valence-corrected chi connectivity index (χ2v) is 23.4. The van der Waals surface area contributed by atoms with Crippen molar-refractivity contribution in [3.05, 3.63) is 142 Å². The molecule has 0 atom stereocenters. The summed E-state index contributed by atoms with van der Waals surface area (Å²) in [6.07, 6.45) is 1.54. The van der Waals surface area contributed by atoms with Crippen LogP contribution in [0.2, 0.25) is 0 Å². The van der Waals surface area contributed by atoms with Crippen LogP contribution in [0.3, 0.4) is 0 Å². The topological polar surface area (TPSA) is 116 Å². The van der Waals surface area contributed by atoms with Crippen LogP contribution in [-0.4, -0.2) is 94.9 Å². The third-order valence-corrected chi connectivity index (χ3v) is 18.8. The van der Waals surface area contributed by atoms with Gasteiger partial charge >= 0.3 is 0 Å². The van der Waals surface area contributed by atoms with E-state index in [2.05, 4.69) is 103 Å². The summed E-state index contributed by atoms with van der Waals surface area (Å²) in [7, 11) is -6.38. The number of anilines is 2. The maximum absolute atomic E-state index is 14.6. The number of benzene rings is 4. The molecule has 0 bridgehead atoms. The van der Waals surface area contributed by atoms with Crippen LogP contribution in [0.25, 0.3) is 0 Å². The number of hydrogen-bond acceptors (Lipinski definition) is 11. The molecule has 2 aliphatic rings. The molecular weight excluding hydrogens is 1100 g/mol. The first-order valence-corrected chi connectivity index (χ1v) is 27.1. The highest BCUT2D eigenvalue weighted by molar-refractivity contribution is 9.11. The maximum atomic E-state index is 14.6. The minimum absolute atomic E-state index is 0.146. The Morgan fingerprint density at radius 2 is 1.22 bits per heavy atom. The van der Waals surface area contributed by atoms with Crippen molar-refractivity contribution in [3.63, 3.8) is 0 Å². The first-order chi connectivity index (χ1) is 30.5. The summed E-state index contributed by atoms with van der Waals surface area (Å²) in [6, 6.07) is 20.5. The summed E-state index contributed by atoms with van der Waals surface area (Å²) in [5.74, 6) is -1.51. The van der Waals surface area contributed by atoms with E-state index in [1.807, 2.05) is 28.5 Å². The van der Waals surface area contributed by atoms with Gasteiger partial charge in [0.2, 0.25) is 20.0 Å². The lowest BCUT2D eigenvalue weighted by Gasteiger charge is -2.34. The van der Waals surface area contributed by atoms with Crippen molar-refractivity contribution in [2.24, 2.45) is 0 Å². The van der Waals surface area contributed by atoms with E-state index in [1.54, 1.807) is 29.5 Å². The number of ether oxygens (including phenoxy) is 1. The lowest BCUT2D eigenvalue weighted by Crippen LogP contribution is -2.49. The molecule has 11 nitrogen and oxygen atoms in total. The van der Waals surface area contributed by atoms with Gasteiger partial charge in [0, 0.05) is 80.4 Å². The average Bonchev–Trinajstić information content (AvgIpc) is 3.95. The molecule has 20 heteroatoms. The Bertz CT molecular complexity index is 2800. The highest BCUT2D eigenvalue weighted by Crippen LogP contribution is 2.36. The van der Waals surface area contributed by atoms with Crippen molar-refractivity contribution in [2.75, 3.05) is 69.3 Å². The van der Waals surface area contributed by atoms with Gasteiger partial charge in [-0.05, 0) is 99.2 Å². The van der Waals surface area contributed by atoms with E-state index in [9.17, 15) is 25.6 Å². The Kier molecular flexibility index (Phi) is 15.7. The summed E-state index contributed by atoms with van der Waals surface area (Å²) in [5.41, 5.74) is 8.24. The Morgan fingerprint density at radius 3 is 1.77 bits per heavy atom. The largest absolute Gasteiger partial charge is 0.495 e. The van der Waals surface area contributed by atoms with E-state index < -0.39 is 41.0 Å². The van der Waals surface area contributed by atoms with E-state index in [0.29, 0.717) is 49.5 Å². The molecule has 0 spiro atoms. The first kappa shape index (κ1) is 48.6. The van der Waals surface area contributed by atoms with Crippen molar-refractivity contribution in [1.82, 2.24) is 18.6 Å². The van der Waals surface area contributed by atoms with Crippen molar-refractivity contribution < 1.29 is 30.4 Å². The zero-order chi connectivity index (χ0) is 45.9. The standard InChI is InChI=1S/C23H23Br2F2N3O2S2.C21H22BrN3O3S2/c1-13-8-14(2)17(15(3)9-13)10-16-12-33-23(28-16)29-4-6-30(7-5-29)34(31,32)22-20(25)19(26)11-18(24)21(22)27;1-28-19-8-7-17(22)14-20(19)30(26,27)25-11-9-24(10-12-25)21-23-18(15-29-21)13-16-5-3-2-4-6-16/h8-9,11-12H,4-7,10H2,1-3H3;2-8,14-15H,9-13H2,1H3. The highest BCUT2D eigenvalue weighted by Gasteiger charge is 2.36. The van der Waals surface area contributed by atoms with Gasteiger partial charge in [0.1, 0.15) is 21.4 Å². The van der Waals surface area contributed by atoms with Crippen molar-refractivity contribution in [2.45, 2.75) is 43.4 Å². The van der Waals surface area contributed by atoms with Crippen molar-refractivity contribution >= 4 is 101 Å². The number of aromatic nitrogens is 2. The van der Waals surface area contributed by atoms with Gasteiger partial charge in [-0.15, -0.1) is 22.7 Å². The fraction of sp³-hybridized carbons (Fsp3) is 0.318. The summed E-state index contributed by atoms with van der Waals surface area (Å²) >= 11 is 12.3. The van der Waals surface area contributed by atoms with Crippen LogP contribution >= 0.6 is 70.5 Å². The molecule has 0 unspecified atom stereocenters. The third-order valence-electron chi connectivity index (χ3n) is 10.9. The fourth-order valence-corrected chi connectivity index (χ4v) is 14.5. The van der Waals surface area contributed by atoms with Crippen molar-refractivity contribution in [1.29, 1.82) is 0 Å². The predicted octanol–water partition coefficient (Wildman–Crippen LogP) is 9.99. The Hall–Kier alpha value is -3.34. The number of aryl methyl sites for hydroxylation is 3. The number of thiazole rings is 2. The van der Waals surface area contributed by atoms with E-state index in [4.69, 9.17) is 14.7 Å². The van der Waals surface area contributed by atoms with E-state index >= 15 is 0 Å². The van der Waals surface area contributed by atoms with Crippen LogP contribution < -0.4 is 14.5 Å². The van der Waals surface area contributed by atoms with E-state index in [0.717, 1.165) is 40.6 Å². The number of sulfonamides is 2. The van der Waals surface area contributed by atoms with E-state index in [-0.39, 0.29) is 22.5 Å². The van der Waals surface area contributed by atoms with Gasteiger partial charge in [-0.25, -0.2) is 35.6 Å². The minimum Gasteiger partial charge on any atom is -0.495 e. The molecule has 340 valence electrons. The van der Waals surface area contributed by atoms with Crippen LogP contribution in [0.5, 0.6) is 5.75 Å². The second kappa shape index (κ2) is 20.7. The van der Waals surface area contributed by atoms with Crippen molar-refractivity contribution in [3.8, 4) is 5.75 Å². The summed E-state index contributed by atoms with van der Waals surface area (Å²) in [4.78, 5) is 13.2. The molecule has 0 saturated carbocycles. The normalized spacial score (nSPS) is 15.3. The zero-order valence-electron chi connectivity index (χ0n) is 35.3. The average molecular weight is 1140 g/mol. The molecule has 6 aromatic rings. The highest BCUT2D eigenvalue weighted by atomic mass is 79.9. The lowest BCUT2D eigenvalue weighted by molar-refractivity contribution is 0.374. The Balaban J connectivity index is 0.000000193. The van der Waals surface area contributed by atoms with Crippen LogP contribution in [-0.2, 0) is 32.9 Å². The molecular formula is C44H45Br3F2N6O5S4. The number of halogens is 5. The van der Waals surface area contributed by atoms with Gasteiger partial charge in [0.05, 0.1) is 27.4 Å². The molecule has 2 fully saturated rings. The van der Waals surface area contributed by atoms with Crippen LogP contribution in [0.1, 0.15) is 39.2 Å². The van der Waals surface area contributed by atoms with Gasteiger partial charge in [-0.1, -0.05) is 64.0 Å². The molecule has 2 aromatic heterocycles. The van der Waals surface area contributed by atoms with Gasteiger partial charge in [-0.2, -0.15) is 8.61 Å². The molecule has 2 aliphatic heterocycles. The number of hydrogen-bond donors (Lipinski definition) is 0. The summed E-state index contributed by atoms with van der Waals surface area (Å²) in [6.45, 7) is 9.45. The molecule has 0 amide bonds. The monoisotopic (exact) mass is 1140 g/mol. The van der Waals surface area contributed by atoms with E-state index in [1.165, 1.54) is 54.9 Å². The van der Waals surface area contributed by atoms with Gasteiger partial charge in [0.25, 0.3) is 0 Å². The predicted molar refractivity (Wildman–Crippen MR) is 261 cm³/mol. The first-order valence-electron chi connectivity index (χ1n) is 20.1. The molecule has 8 rings (SSSR count). The Labute approximate surface area is 406 Å². The maximum Gasteiger partial charge on any atom is 0.247 e. The molecule has 64 heavy (non-hydrogen) atoms. The molecule has 2 saturated heterocycles. The summed E-state index contributed by atoms with van der Waals surface area (Å²) < 4.78 is 89.3. The van der Waals surface area contributed by atoms with Crippen LogP contribution in [0.4, 0.5) is 19.0 Å². The van der Waals surface area contributed by atoms with Gasteiger partial charge < -0.3 is 14.5 Å². The number of nitrogens with zero attached hydrogens (tertiary/aromatic N) is 6. The second-order valence-electron chi connectivity index (χ2n) is 15.3. The molecule has 0 N–H and O–H groups in total. The lowest BCUT2D eigenvalue weighted by atomic mass is 9.96. The SMILES string of the molecule is COc1ccc(Br)cc1S(=O)(=O)N1CCN(c2nc(Cc3ccccc3)cs2)CC1.Cc1cc(C)c(Cc2csc(N3CCN(S(=O)(=O)c4c(F)c(Br)cc(F)c4Br)CC3)n2)c(C)c1. The fourth-order valence-electron chi connectivity index (χ4n) is 7.66. The molecule has 4 heterocycles. The van der Waals surface area contributed by atoms with Crippen LogP contribution in [0, 0.1) is 32.4 Å². The molecule has 0 aliphatic carbocycles. The quantitative estimate of drug-likeness (QED) is 0.117. The minimum atomic E-state index is -4.22. The molecule has 4 aromatic carbocycles.